The highest BCUT2D eigenvalue weighted by atomic mass is 16.7. The molecule has 0 heterocycles. The number of carbonyl (C=O) groups is 1. The number of rotatable bonds is 7. The van der Waals surface area contributed by atoms with Crippen molar-refractivity contribution in [1.82, 2.24) is 5.06 Å². The van der Waals surface area contributed by atoms with Gasteiger partial charge in [-0.3, -0.25) is 4.84 Å². The molecule has 0 aliphatic carbocycles. The van der Waals surface area contributed by atoms with Crippen molar-refractivity contribution >= 4 is 6.09 Å². The molecule has 1 unspecified atom stereocenters. The Kier molecular flexibility index (Phi) is 6.61. The van der Waals surface area contributed by atoms with Gasteiger partial charge in [-0.1, -0.05) is 91.0 Å². The summed E-state index contributed by atoms with van der Waals surface area (Å²) in [5.41, 5.74) is 2.73. The van der Waals surface area contributed by atoms with Crippen LogP contribution >= 0.6 is 0 Å². The Balaban J connectivity index is 1.70. The Bertz CT molecular complexity index is 822. The predicted octanol–water partition coefficient (Wildman–Crippen LogP) is 5.33. The molecular formula is C23H22NO3. The Morgan fingerprint density at radius 3 is 1.81 bits per heavy atom. The number of hydrogen-bond acceptors (Lipinski definition) is 3. The van der Waals surface area contributed by atoms with Gasteiger partial charge < -0.3 is 4.74 Å². The fourth-order valence-corrected chi connectivity index (χ4v) is 2.58. The molecule has 0 N–H and O–H groups in total. The Morgan fingerprint density at radius 2 is 1.26 bits per heavy atom. The highest BCUT2D eigenvalue weighted by molar-refractivity contribution is 5.67. The van der Waals surface area contributed by atoms with Gasteiger partial charge in [0.25, 0.3) is 0 Å². The average Bonchev–Trinajstić information content (AvgIpc) is 2.74. The number of ether oxygens (including phenoxy) is 1. The zero-order chi connectivity index (χ0) is 18.9. The van der Waals surface area contributed by atoms with Crippen molar-refractivity contribution in [3.8, 4) is 0 Å². The average molecular weight is 360 g/mol. The van der Waals surface area contributed by atoms with Crippen LogP contribution < -0.4 is 0 Å². The lowest BCUT2D eigenvalue weighted by Gasteiger charge is -2.27. The molecule has 0 fully saturated rings. The van der Waals surface area contributed by atoms with Crippen molar-refractivity contribution in [3.05, 3.63) is 115 Å². The van der Waals surface area contributed by atoms with Crippen LogP contribution in [-0.2, 0) is 22.8 Å². The second-order valence-electron chi connectivity index (χ2n) is 6.05. The largest absolute Gasteiger partial charge is 0.443 e. The third-order valence-electron chi connectivity index (χ3n) is 4.07. The molecule has 1 radical (unpaired) electrons. The fourth-order valence-electron chi connectivity index (χ4n) is 2.58. The first-order valence-corrected chi connectivity index (χ1v) is 8.79. The highest BCUT2D eigenvalue weighted by Gasteiger charge is 2.24. The van der Waals surface area contributed by atoms with Crippen LogP contribution in [0.2, 0.25) is 0 Å². The monoisotopic (exact) mass is 360 g/mol. The maximum Gasteiger partial charge on any atom is 0.434 e. The summed E-state index contributed by atoms with van der Waals surface area (Å²) in [6.45, 7) is 4.52. The number of hydroxylamine groups is 2. The van der Waals surface area contributed by atoms with Crippen LogP contribution in [0.1, 0.15) is 22.7 Å². The van der Waals surface area contributed by atoms with Gasteiger partial charge in [-0.2, -0.15) is 5.06 Å². The SMILES string of the molecule is [CH2]C(c1ccccc1)N(OCc1ccccc1)C(=O)OCc1ccccc1. The van der Waals surface area contributed by atoms with Gasteiger partial charge in [-0.15, -0.1) is 0 Å². The number of benzene rings is 3. The first kappa shape index (κ1) is 18.7. The molecule has 0 aliphatic rings. The van der Waals surface area contributed by atoms with E-state index >= 15 is 0 Å². The summed E-state index contributed by atoms with van der Waals surface area (Å²) in [7, 11) is 0. The molecule has 1 atom stereocenters. The van der Waals surface area contributed by atoms with Gasteiger partial charge in [0.2, 0.25) is 0 Å². The van der Waals surface area contributed by atoms with Crippen LogP contribution in [-0.4, -0.2) is 11.2 Å². The van der Waals surface area contributed by atoms with Crippen LogP contribution in [0, 0.1) is 6.92 Å². The van der Waals surface area contributed by atoms with E-state index in [1.165, 1.54) is 5.06 Å². The standard InChI is InChI=1S/C23H22NO3/c1-19(22-15-9-4-10-16-22)24(27-18-21-13-7-3-8-14-21)23(25)26-17-20-11-5-2-6-12-20/h2-16,19H,1,17-18H2. The van der Waals surface area contributed by atoms with Gasteiger partial charge in [0.1, 0.15) is 13.2 Å². The van der Waals surface area contributed by atoms with Gasteiger partial charge in [0.05, 0.1) is 6.04 Å². The molecule has 0 spiro atoms. The topological polar surface area (TPSA) is 38.8 Å². The van der Waals surface area contributed by atoms with Gasteiger partial charge in [-0.05, 0) is 23.6 Å². The van der Waals surface area contributed by atoms with Crippen molar-refractivity contribution in [2.24, 2.45) is 0 Å². The molecular weight excluding hydrogens is 338 g/mol. The van der Waals surface area contributed by atoms with Gasteiger partial charge >= 0.3 is 6.09 Å². The van der Waals surface area contributed by atoms with E-state index in [4.69, 9.17) is 9.57 Å². The van der Waals surface area contributed by atoms with E-state index < -0.39 is 12.1 Å². The van der Waals surface area contributed by atoms with Crippen LogP contribution in [0.3, 0.4) is 0 Å². The second-order valence-corrected chi connectivity index (χ2v) is 6.05. The number of hydrogen-bond donors (Lipinski definition) is 0. The predicted molar refractivity (Wildman–Crippen MR) is 104 cm³/mol. The Hall–Kier alpha value is -3.11. The van der Waals surface area contributed by atoms with Crippen LogP contribution in [0.4, 0.5) is 4.79 Å². The van der Waals surface area contributed by atoms with Crippen LogP contribution in [0.5, 0.6) is 0 Å². The summed E-state index contributed by atoms with van der Waals surface area (Å²) in [5, 5.41) is 1.20. The first-order chi connectivity index (χ1) is 13.2. The molecule has 0 saturated heterocycles. The van der Waals surface area contributed by atoms with Crippen molar-refractivity contribution in [2.45, 2.75) is 19.3 Å². The zero-order valence-electron chi connectivity index (χ0n) is 15.0. The van der Waals surface area contributed by atoms with E-state index in [2.05, 4.69) is 6.92 Å². The highest BCUT2D eigenvalue weighted by Crippen LogP contribution is 2.22. The molecule has 0 aliphatic heterocycles. The minimum absolute atomic E-state index is 0.173. The summed E-state index contributed by atoms with van der Waals surface area (Å²) in [4.78, 5) is 18.5. The summed E-state index contributed by atoms with van der Waals surface area (Å²) in [5.74, 6) is 0. The number of nitrogens with zero attached hydrogens (tertiary/aromatic N) is 1. The molecule has 0 aromatic heterocycles. The van der Waals surface area contributed by atoms with Crippen molar-refractivity contribution in [3.63, 3.8) is 0 Å². The lowest BCUT2D eigenvalue weighted by Crippen LogP contribution is -2.34. The van der Waals surface area contributed by atoms with E-state index in [-0.39, 0.29) is 13.2 Å². The number of amides is 1. The molecule has 27 heavy (non-hydrogen) atoms. The fraction of sp³-hybridized carbons (Fsp3) is 0.130. The summed E-state index contributed by atoms with van der Waals surface area (Å²) < 4.78 is 5.44. The molecule has 3 aromatic carbocycles. The van der Waals surface area contributed by atoms with Crippen molar-refractivity contribution < 1.29 is 14.4 Å². The van der Waals surface area contributed by atoms with Gasteiger partial charge in [-0.25, -0.2) is 4.79 Å². The zero-order valence-corrected chi connectivity index (χ0v) is 15.0. The smallest absolute Gasteiger partial charge is 0.434 e. The third-order valence-corrected chi connectivity index (χ3v) is 4.07. The summed E-state index contributed by atoms with van der Waals surface area (Å²) in [6.07, 6.45) is -0.571. The minimum atomic E-state index is -0.571. The van der Waals surface area contributed by atoms with Gasteiger partial charge in [0.15, 0.2) is 0 Å². The lowest BCUT2D eigenvalue weighted by atomic mass is 10.1. The van der Waals surface area contributed by atoms with Crippen LogP contribution in [0.15, 0.2) is 91.0 Å². The molecule has 0 saturated carbocycles. The van der Waals surface area contributed by atoms with Crippen molar-refractivity contribution in [2.75, 3.05) is 0 Å². The van der Waals surface area contributed by atoms with E-state index in [0.29, 0.717) is 0 Å². The van der Waals surface area contributed by atoms with E-state index in [9.17, 15) is 4.79 Å². The third kappa shape index (κ3) is 5.43. The lowest BCUT2D eigenvalue weighted by molar-refractivity contribution is -0.165. The quantitative estimate of drug-likeness (QED) is 0.534. The Labute approximate surface area is 159 Å². The van der Waals surface area contributed by atoms with E-state index in [1.807, 2.05) is 91.0 Å². The maximum atomic E-state index is 12.7. The minimum Gasteiger partial charge on any atom is -0.443 e. The van der Waals surface area contributed by atoms with Gasteiger partial charge in [0, 0.05) is 0 Å². The molecule has 3 aromatic rings. The molecule has 4 nitrogen and oxygen atoms in total. The van der Waals surface area contributed by atoms with Crippen LogP contribution in [0.25, 0.3) is 0 Å². The normalized spacial score (nSPS) is 11.6. The second kappa shape index (κ2) is 9.55. The molecule has 0 bridgehead atoms. The van der Waals surface area contributed by atoms with Crippen molar-refractivity contribution in [1.29, 1.82) is 0 Å². The van der Waals surface area contributed by atoms with E-state index in [0.717, 1.165) is 16.7 Å². The van der Waals surface area contributed by atoms with E-state index in [1.54, 1.807) is 0 Å². The summed E-state index contributed by atoms with van der Waals surface area (Å²) >= 11 is 0. The molecule has 1 amide bonds. The first-order valence-electron chi connectivity index (χ1n) is 8.79. The molecule has 4 heteroatoms. The number of carbonyl (C=O) groups excluding carboxylic acids is 1. The maximum absolute atomic E-state index is 12.7. The molecule has 3 rings (SSSR count). The summed E-state index contributed by atoms with van der Waals surface area (Å²) in [6, 6.07) is 28.2. The Morgan fingerprint density at radius 1 is 0.778 bits per heavy atom. The molecule has 137 valence electrons.